The zero-order valence-electron chi connectivity index (χ0n) is 35.5. The highest BCUT2D eigenvalue weighted by Gasteiger charge is 2.39. The Morgan fingerprint density at radius 3 is 1.03 bits per heavy atom. The fourth-order valence-corrected chi connectivity index (χ4v) is 10.9. The molecule has 2 nitrogen and oxygen atoms in total. The summed E-state index contributed by atoms with van der Waals surface area (Å²) in [6.07, 6.45) is 0. The second-order valence-electron chi connectivity index (χ2n) is 18.2. The van der Waals surface area contributed by atoms with Crippen LogP contribution in [0.4, 0.5) is 34.1 Å². The average molecular weight is 795 g/mol. The quantitative estimate of drug-likeness (QED) is 0.164. The van der Waals surface area contributed by atoms with Gasteiger partial charge in [0.25, 0.3) is 0 Å². The second kappa shape index (κ2) is 13.5. The SMILES string of the molecule is CC1(C)c2ccccc2N(c2cc(-c3cccc(-c4ccc5c6ccccc6c6ccccc6c5c4)c3)cc(N3c4ccccc4C(C)(C)c4ccccc43)c2)c2ccccc21. The van der Waals surface area contributed by atoms with Crippen LogP contribution in [-0.4, -0.2) is 0 Å². The van der Waals surface area contributed by atoms with Crippen LogP contribution < -0.4 is 9.80 Å². The molecule has 0 N–H and O–H groups in total. The Morgan fingerprint density at radius 1 is 0.258 bits per heavy atom. The Balaban J connectivity index is 1.09. The van der Waals surface area contributed by atoms with Crippen LogP contribution in [-0.2, 0) is 10.8 Å². The number of hydrogen-bond acceptors (Lipinski definition) is 2. The van der Waals surface area contributed by atoms with Gasteiger partial charge in [-0.25, -0.2) is 0 Å². The lowest BCUT2D eigenvalue weighted by Crippen LogP contribution is -2.31. The van der Waals surface area contributed by atoms with Gasteiger partial charge < -0.3 is 9.80 Å². The molecule has 0 spiro atoms. The lowest BCUT2D eigenvalue weighted by atomic mass is 9.73. The molecule has 0 saturated heterocycles. The topological polar surface area (TPSA) is 6.48 Å². The third kappa shape index (κ3) is 5.36. The van der Waals surface area contributed by atoms with Gasteiger partial charge in [0.2, 0.25) is 0 Å². The number of para-hydroxylation sites is 4. The molecule has 0 aromatic heterocycles. The number of anilines is 6. The summed E-state index contributed by atoms with van der Waals surface area (Å²) in [4.78, 5) is 4.99. The summed E-state index contributed by atoms with van der Waals surface area (Å²) < 4.78 is 0. The van der Waals surface area contributed by atoms with Crippen molar-refractivity contribution in [3.05, 3.63) is 229 Å². The third-order valence-corrected chi connectivity index (χ3v) is 14.0. The maximum Gasteiger partial charge on any atom is 0.0502 e. The van der Waals surface area contributed by atoms with E-state index in [9.17, 15) is 0 Å². The molecule has 296 valence electrons. The van der Waals surface area contributed by atoms with Crippen LogP contribution in [0.1, 0.15) is 49.9 Å². The lowest BCUT2D eigenvalue weighted by Gasteiger charge is -2.43. The van der Waals surface area contributed by atoms with Gasteiger partial charge >= 0.3 is 0 Å². The smallest absolute Gasteiger partial charge is 0.0502 e. The molecule has 0 radical (unpaired) electrons. The summed E-state index contributed by atoms with van der Waals surface area (Å²) in [5.74, 6) is 0. The number of nitrogens with zero attached hydrogens (tertiary/aromatic N) is 2. The first kappa shape index (κ1) is 36.4. The summed E-state index contributed by atoms with van der Waals surface area (Å²) in [5, 5.41) is 7.73. The van der Waals surface area contributed by atoms with Crippen LogP contribution in [0.3, 0.4) is 0 Å². The van der Waals surface area contributed by atoms with Gasteiger partial charge in [-0.2, -0.15) is 0 Å². The first-order valence-corrected chi connectivity index (χ1v) is 21.8. The molecule has 2 heterocycles. The minimum absolute atomic E-state index is 0.160. The predicted molar refractivity (Wildman–Crippen MR) is 263 cm³/mol. The average Bonchev–Trinajstić information content (AvgIpc) is 3.32. The van der Waals surface area contributed by atoms with Crippen LogP contribution in [0, 0.1) is 0 Å². The van der Waals surface area contributed by atoms with E-state index in [-0.39, 0.29) is 10.8 Å². The van der Waals surface area contributed by atoms with Gasteiger partial charge in [-0.1, -0.05) is 179 Å². The molecule has 2 aliphatic rings. The van der Waals surface area contributed by atoms with E-state index < -0.39 is 0 Å². The minimum atomic E-state index is -0.160. The van der Waals surface area contributed by atoms with Gasteiger partial charge in [0.15, 0.2) is 0 Å². The molecule has 0 saturated carbocycles. The van der Waals surface area contributed by atoms with Crippen molar-refractivity contribution in [1.29, 1.82) is 0 Å². The van der Waals surface area contributed by atoms with E-state index in [0.717, 1.165) is 16.9 Å². The largest absolute Gasteiger partial charge is 0.310 e. The Hall–Kier alpha value is -7.42. The molecule has 2 aliphatic heterocycles. The number of hydrogen-bond donors (Lipinski definition) is 0. The van der Waals surface area contributed by atoms with Crippen molar-refractivity contribution in [2.24, 2.45) is 0 Å². The standard InChI is InChI=1S/C60H46N2/c1-59(2)51-24-9-13-28-55(51)61(56-29-14-10-25-52(56)59)43-35-42(36-44(38-43)62-57-30-15-11-26-53(57)60(3,4)54-27-12-16-31-58(54)62)40-19-17-18-39(34-40)41-32-33-49-47-22-6-5-20-45(47)46-21-7-8-23-48(46)50(49)37-41/h5-38H,1-4H3. The monoisotopic (exact) mass is 794 g/mol. The van der Waals surface area contributed by atoms with E-state index in [1.807, 2.05) is 0 Å². The summed E-state index contributed by atoms with van der Waals surface area (Å²) in [7, 11) is 0. The van der Waals surface area contributed by atoms with Gasteiger partial charge in [0, 0.05) is 22.2 Å². The minimum Gasteiger partial charge on any atom is -0.310 e. The Bertz CT molecular complexity index is 3180. The van der Waals surface area contributed by atoms with Crippen LogP contribution in [0.5, 0.6) is 0 Å². The maximum atomic E-state index is 2.50. The van der Waals surface area contributed by atoms with Crippen LogP contribution in [0.25, 0.3) is 54.6 Å². The molecule has 0 unspecified atom stereocenters. The highest BCUT2D eigenvalue weighted by atomic mass is 15.2. The van der Waals surface area contributed by atoms with Crippen LogP contribution >= 0.6 is 0 Å². The van der Waals surface area contributed by atoms with E-state index in [1.54, 1.807) is 0 Å². The van der Waals surface area contributed by atoms with Gasteiger partial charge in [-0.15, -0.1) is 0 Å². The summed E-state index contributed by atoms with van der Waals surface area (Å²) in [6.45, 7) is 9.43. The Kier molecular flexibility index (Phi) is 7.96. The van der Waals surface area contributed by atoms with Crippen molar-refractivity contribution in [3.8, 4) is 22.3 Å². The molecule has 0 aliphatic carbocycles. The van der Waals surface area contributed by atoms with Gasteiger partial charge in [-0.05, 0) is 131 Å². The summed E-state index contributed by atoms with van der Waals surface area (Å²) in [5.41, 5.74) is 16.8. The molecule has 62 heavy (non-hydrogen) atoms. The highest BCUT2D eigenvalue weighted by Crippen LogP contribution is 2.55. The van der Waals surface area contributed by atoms with Crippen molar-refractivity contribution >= 4 is 66.4 Å². The molecule has 12 rings (SSSR count). The molecule has 0 fully saturated rings. The zero-order chi connectivity index (χ0) is 41.7. The zero-order valence-corrected chi connectivity index (χ0v) is 35.5. The van der Waals surface area contributed by atoms with Crippen LogP contribution in [0.2, 0.25) is 0 Å². The van der Waals surface area contributed by atoms with Crippen molar-refractivity contribution in [2.45, 2.75) is 38.5 Å². The summed E-state index contributed by atoms with van der Waals surface area (Å²) in [6, 6.07) is 76.9. The maximum absolute atomic E-state index is 2.50. The molecule has 10 aromatic rings. The molecule has 0 atom stereocenters. The van der Waals surface area contributed by atoms with E-state index in [2.05, 4.69) is 244 Å². The van der Waals surface area contributed by atoms with Crippen molar-refractivity contribution in [3.63, 3.8) is 0 Å². The van der Waals surface area contributed by atoms with Crippen molar-refractivity contribution in [1.82, 2.24) is 0 Å². The van der Waals surface area contributed by atoms with Crippen LogP contribution in [0.15, 0.2) is 206 Å². The number of benzene rings is 10. The van der Waals surface area contributed by atoms with Crippen molar-refractivity contribution < 1.29 is 0 Å². The first-order valence-electron chi connectivity index (χ1n) is 21.8. The second-order valence-corrected chi connectivity index (χ2v) is 18.2. The Labute approximate surface area is 364 Å². The molecular weight excluding hydrogens is 749 g/mol. The molecule has 2 heteroatoms. The molecule has 10 aromatic carbocycles. The summed E-state index contributed by atoms with van der Waals surface area (Å²) >= 11 is 0. The van der Waals surface area contributed by atoms with E-state index in [1.165, 1.54) is 94.0 Å². The predicted octanol–water partition coefficient (Wildman–Crippen LogP) is 16.7. The molecular formula is C60H46N2. The fourth-order valence-electron chi connectivity index (χ4n) is 10.9. The molecule has 0 bridgehead atoms. The number of fused-ring (bicyclic) bond motifs is 10. The molecule has 0 amide bonds. The third-order valence-electron chi connectivity index (χ3n) is 14.0. The fraction of sp³-hybridized carbons (Fsp3) is 0.100. The van der Waals surface area contributed by atoms with Gasteiger partial charge in [0.05, 0.1) is 22.7 Å². The Morgan fingerprint density at radius 2 is 0.597 bits per heavy atom. The normalized spacial score (nSPS) is 14.6. The van der Waals surface area contributed by atoms with E-state index >= 15 is 0 Å². The van der Waals surface area contributed by atoms with Crippen molar-refractivity contribution in [2.75, 3.05) is 9.80 Å². The van der Waals surface area contributed by atoms with Gasteiger partial charge in [-0.3, -0.25) is 0 Å². The van der Waals surface area contributed by atoms with Gasteiger partial charge in [0.1, 0.15) is 0 Å². The van der Waals surface area contributed by atoms with E-state index in [4.69, 9.17) is 0 Å². The van der Waals surface area contributed by atoms with E-state index in [0.29, 0.717) is 0 Å². The lowest BCUT2D eigenvalue weighted by molar-refractivity contribution is 0.631. The number of rotatable bonds is 4. The highest BCUT2D eigenvalue weighted by molar-refractivity contribution is 6.25. The first-order chi connectivity index (χ1) is 30.3.